The van der Waals surface area contributed by atoms with Crippen LogP contribution in [0.25, 0.3) is 0 Å². The summed E-state index contributed by atoms with van der Waals surface area (Å²) in [7, 11) is -1.33. The Morgan fingerprint density at radius 2 is 1.96 bits per heavy atom. The second kappa shape index (κ2) is 7.97. The van der Waals surface area contributed by atoms with Gasteiger partial charge < -0.3 is 9.47 Å². The fourth-order valence-corrected chi connectivity index (χ4v) is 5.27. The van der Waals surface area contributed by atoms with Crippen LogP contribution in [0.3, 0.4) is 0 Å². The van der Waals surface area contributed by atoms with E-state index in [1.807, 2.05) is 20.8 Å². The molecule has 1 unspecified atom stereocenters. The first-order valence-electron chi connectivity index (χ1n) is 8.92. The van der Waals surface area contributed by atoms with Crippen molar-refractivity contribution in [1.82, 2.24) is 0 Å². The first kappa shape index (κ1) is 20.4. The number of hydrogen-bond donors (Lipinski definition) is 0. The average molecular weight is 341 g/mol. The van der Waals surface area contributed by atoms with Crippen LogP contribution in [-0.2, 0) is 14.3 Å². The highest BCUT2D eigenvalue weighted by Gasteiger charge is 2.37. The average Bonchev–Trinajstić information content (AvgIpc) is 2.40. The van der Waals surface area contributed by atoms with E-state index in [1.54, 1.807) is 0 Å². The molecule has 0 spiro atoms. The van der Waals surface area contributed by atoms with Crippen molar-refractivity contribution in [1.29, 1.82) is 0 Å². The summed E-state index contributed by atoms with van der Waals surface area (Å²) < 4.78 is 11.8. The number of carbonyl (C=O) groups is 1. The Labute approximate surface area is 143 Å². The summed E-state index contributed by atoms with van der Waals surface area (Å²) in [6, 6.07) is 0. The third kappa shape index (κ3) is 6.07. The van der Waals surface area contributed by atoms with Crippen molar-refractivity contribution in [2.45, 2.75) is 84.3 Å². The van der Waals surface area contributed by atoms with Gasteiger partial charge in [0.2, 0.25) is 0 Å². The third-order valence-electron chi connectivity index (χ3n) is 4.79. The van der Waals surface area contributed by atoms with Gasteiger partial charge in [0.25, 0.3) is 0 Å². The van der Waals surface area contributed by atoms with Gasteiger partial charge in [-0.25, -0.2) is 0 Å². The minimum absolute atomic E-state index is 0.136. The summed E-state index contributed by atoms with van der Waals surface area (Å²) in [6.07, 6.45) is 5.63. The predicted molar refractivity (Wildman–Crippen MR) is 99.4 cm³/mol. The normalized spacial score (nSPS) is 27.3. The fraction of sp³-hybridized carbons (Fsp3) is 0.842. The highest BCUT2D eigenvalue weighted by Crippen LogP contribution is 2.37. The van der Waals surface area contributed by atoms with Crippen molar-refractivity contribution < 1.29 is 14.3 Å². The Kier molecular flexibility index (Phi) is 7.08. The highest BCUT2D eigenvalue weighted by atomic mass is 28.3. The minimum Gasteiger partial charge on any atom is -0.465 e. The van der Waals surface area contributed by atoms with Crippen LogP contribution >= 0.6 is 0 Å². The lowest BCUT2D eigenvalue weighted by atomic mass is 9.90. The molecular weight excluding hydrogens is 304 g/mol. The molecule has 0 aromatic rings. The van der Waals surface area contributed by atoms with E-state index in [0.29, 0.717) is 18.1 Å². The van der Waals surface area contributed by atoms with Gasteiger partial charge in [-0.05, 0) is 45.1 Å². The molecule has 1 aliphatic rings. The van der Waals surface area contributed by atoms with E-state index >= 15 is 0 Å². The van der Waals surface area contributed by atoms with E-state index in [9.17, 15) is 4.79 Å². The van der Waals surface area contributed by atoms with E-state index in [0.717, 1.165) is 12.8 Å². The molecule has 0 amide bonds. The molecule has 1 rings (SSSR count). The molecule has 0 aliphatic carbocycles. The van der Waals surface area contributed by atoms with E-state index in [4.69, 9.17) is 9.47 Å². The van der Waals surface area contributed by atoms with Gasteiger partial charge in [0.1, 0.15) is 0 Å². The maximum Gasteiger partial charge on any atom is 0.311 e. The third-order valence-corrected chi connectivity index (χ3v) is 7.40. The lowest BCUT2D eigenvalue weighted by molar-refractivity contribution is -0.155. The molecule has 1 heterocycles. The van der Waals surface area contributed by atoms with E-state index in [1.165, 1.54) is 6.42 Å². The van der Waals surface area contributed by atoms with Gasteiger partial charge in [-0.15, -0.1) is 6.58 Å². The van der Waals surface area contributed by atoms with Gasteiger partial charge in [0, 0.05) is 6.42 Å². The number of esters is 1. The molecule has 0 bridgehead atoms. The van der Waals surface area contributed by atoms with E-state index < -0.39 is 13.5 Å². The summed E-state index contributed by atoms with van der Waals surface area (Å²) in [5.41, 5.74) is 0.0440. The van der Waals surface area contributed by atoms with Crippen molar-refractivity contribution in [2.75, 3.05) is 6.61 Å². The first-order valence-corrected chi connectivity index (χ1v) is 12.5. The van der Waals surface area contributed by atoms with Crippen LogP contribution < -0.4 is 0 Å². The topological polar surface area (TPSA) is 35.5 Å². The smallest absolute Gasteiger partial charge is 0.311 e. The Bertz CT molecular complexity index is 406. The summed E-state index contributed by atoms with van der Waals surface area (Å²) in [4.78, 5) is 11.9. The standard InChI is InChI=1S/C19H36O3Si/c1-9-17(23(6,7)8)16-11-10-14(2)15(22-16)12-13-21-18(20)19(3,4)5/h9,14-17H,1,10-13H2,2-8H3/t14-,15+,16+,17?/m0/s1. The highest BCUT2D eigenvalue weighted by molar-refractivity contribution is 6.78. The second-order valence-corrected chi connectivity index (χ2v) is 14.5. The SMILES string of the molecule is C=CC([C@H]1CC[C@H](C)[C@@H](CCOC(=O)C(C)(C)C)O1)[Si](C)(C)C. The van der Waals surface area contributed by atoms with Crippen molar-refractivity contribution in [3.63, 3.8) is 0 Å². The Balaban J connectivity index is 2.58. The van der Waals surface area contributed by atoms with Crippen molar-refractivity contribution in [3.8, 4) is 0 Å². The molecule has 0 aromatic carbocycles. The maximum atomic E-state index is 11.9. The molecule has 0 N–H and O–H groups in total. The largest absolute Gasteiger partial charge is 0.465 e. The lowest BCUT2D eigenvalue weighted by Gasteiger charge is -2.41. The van der Waals surface area contributed by atoms with Crippen molar-refractivity contribution in [2.24, 2.45) is 11.3 Å². The van der Waals surface area contributed by atoms with Crippen LogP contribution in [0, 0.1) is 11.3 Å². The van der Waals surface area contributed by atoms with Crippen LogP contribution in [-0.4, -0.2) is 32.9 Å². The molecule has 1 aliphatic heterocycles. The Morgan fingerprint density at radius 3 is 2.43 bits per heavy atom. The maximum absolute atomic E-state index is 11.9. The summed E-state index contributed by atoms with van der Waals surface area (Å²) in [6.45, 7) is 19.5. The molecule has 0 aromatic heterocycles. The molecule has 1 fully saturated rings. The summed E-state index contributed by atoms with van der Waals surface area (Å²) >= 11 is 0. The quantitative estimate of drug-likeness (QED) is 0.386. The van der Waals surface area contributed by atoms with Gasteiger partial charge in [-0.2, -0.15) is 0 Å². The van der Waals surface area contributed by atoms with Crippen molar-refractivity contribution in [3.05, 3.63) is 12.7 Å². The van der Waals surface area contributed by atoms with Crippen LogP contribution in [0.2, 0.25) is 25.2 Å². The number of hydrogen-bond acceptors (Lipinski definition) is 3. The molecule has 0 saturated carbocycles. The fourth-order valence-electron chi connectivity index (χ4n) is 3.20. The van der Waals surface area contributed by atoms with E-state index in [2.05, 4.69) is 39.2 Å². The van der Waals surface area contributed by atoms with Gasteiger partial charge in [-0.3, -0.25) is 4.79 Å². The first-order chi connectivity index (χ1) is 10.5. The molecule has 3 nitrogen and oxygen atoms in total. The molecule has 0 radical (unpaired) electrons. The predicted octanol–water partition coefficient (Wildman–Crippen LogP) is 5.04. The zero-order chi connectivity index (χ0) is 17.8. The lowest BCUT2D eigenvalue weighted by Crippen LogP contribution is -2.43. The molecule has 4 atom stereocenters. The molecular formula is C19H36O3Si. The monoisotopic (exact) mass is 340 g/mol. The molecule has 23 heavy (non-hydrogen) atoms. The van der Waals surface area contributed by atoms with Crippen LogP contribution in [0.15, 0.2) is 12.7 Å². The number of carbonyl (C=O) groups excluding carboxylic acids is 1. The second-order valence-electron chi connectivity index (χ2n) is 9.07. The Hall–Kier alpha value is -0.613. The zero-order valence-electron chi connectivity index (χ0n) is 16.1. The number of rotatable bonds is 6. The molecule has 4 heteroatoms. The van der Waals surface area contributed by atoms with Gasteiger partial charge in [-0.1, -0.05) is 32.6 Å². The van der Waals surface area contributed by atoms with Crippen LogP contribution in [0.1, 0.15) is 47.0 Å². The van der Waals surface area contributed by atoms with Gasteiger partial charge >= 0.3 is 5.97 Å². The van der Waals surface area contributed by atoms with Crippen LogP contribution in [0.4, 0.5) is 0 Å². The molecule has 1 saturated heterocycles. The zero-order valence-corrected chi connectivity index (χ0v) is 17.1. The summed E-state index contributed by atoms with van der Waals surface area (Å²) in [5, 5.41) is 0. The van der Waals surface area contributed by atoms with Gasteiger partial charge in [0.05, 0.1) is 32.3 Å². The number of ether oxygens (including phenoxy) is 2. The van der Waals surface area contributed by atoms with Crippen molar-refractivity contribution >= 4 is 14.0 Å². The van der Waals surface area contributed by atoms with E-state index in [-0.39, 0.29) is 18.2 Å². The van der Waals surface area contributed by atoms with Crippen LogP contribution in [0.5, 0.6) is 0 Å². The summed E-state index contributed by atoms with van der Waals surface area (Å²) in [5.74, 6) is 0.385. The Morgan fingerprint density at radius 1 is 1.35 bits per heavy atom. The minimum atomic E-state index is -1.33. The molecule has 134 valence electrons. The van der Waals surface area contributed by atoms with Gasteiger partial charge in [0.15, 0.2) is 0 Å².